The molecule has 0 spiro atoms. The number of nitrogens with one attached hydrogen (secondary N) is 3. The minimum Gasteiger partial charge on any atom is -0.381 e. The fourth-order valence-corrected chi connectivity index (χ4v) is 4.77. The summed E-state index contributed by atoms with van der Waals surface area (Å²) in [6, 6.07) is 7.50. The Morgan fingerprint density at radius 3 is 2.94 bits per heavy atom. The van der Waals surface area contributed by atoms with Gasteiger partial charge in [-0.2, -0.15) is 0 Å². The van der Waals surface area contributed by atoms with Gasteiger partial charge in [0.25, 0.3) is 5.91 Å². The Labute approximate surface area is 187 Å². The van der Waals surface area contributed by atoms with Crippen LogP contribution < -0.4 is 16.0 Å². The minimum atomic E-state index is -0.0607. The summed E-state index contributed by atoms with van der Waals surface area (Å²) in [4.78, 5) is 26.8. The van der Waals surface area contributed by atoms with Crippen molar-refractivity contribution in [3.63, 3.8) is 0 Å². The Balaban J connectivity index is 1.56. The first-order valence-electron chi connectivity index (χ1n) is 9.88. The van der Waals surface area contributed by atoms with Crippen LogP contribution in [-0.2, 0) is 11.3 Å². The highest BCUT2D eigenvalue weighted by atomic mass is 35.5. The molecule has 0 saturated heterocycles. The van der Waals surface area contributed by atoms with Gasteiger partial charge in [0.2, 0.25) is 0 Å². The summed E-state index contributed by atoms with van der Waals surface area (Å²) in [5.74, 6) is 1.07. The van der Waals surface area contributed by atoms with Crippen molar-refractivity contribution >= 4 is 67.3 Å². The number of pyridine rings is 1. The normalized spacial score (nSPS) is 13.5. The molecule has 10 heteroatoms. The fourth-order valence-electron chi connectivity index (χ4n) is 3.52. The lowest BCUT2D eigenvalue weighted by Gasteiger charge is -2.11. The van der Waals surface area contributed by atoms with E-state index in [0.717, 1.165) is 32.4 Å². The second-order valence-electron chi connectivity index (χ2n) is 6.95. The quantitative estimate of drug-likeness (QED) is 0.386. The Bertz CT molecular complexity index is 1310. The molecule has 1 aromatic carbocycles. The van der Waals surface area contributed by atoms with Gasteiger partial charge in [-0.15, -0.1) is 11.3 Å². The number of hydrogen-bond donors (Lipinski definition) is 3. The predicted octanol–water partition coefficient (Wildman–Crippen LogP) is 4.33. The number of amides is 1. The number of halogens is 1. The van der Waals surface area contributed by atoms with Gasteiger partial charge in [-0.25, -0.2) is 15.0 Å². The highest BCUT2D eigenvalue weighted by molar-refractivity contribution is 7.21. The van der Waals surface area contributed by atoms with Crippen LogP contribution in [0.15, 0.2) is 30.5 Å². The van der Waals surface area contributed by atoms with Crippen molar-refractivity contribution in [3.05, 3.63) is 46.1 Å². The average Bonchev–Trinajstić information content (AvgIpc) is 3.05. The van der Waals surface area contributed by atoms with E-state index in [1.54, 1.807) is 12.3 Å². The molecule has 0 radical (unpaired) electrons. The molecule has 3 N–H and O–H groups in total. The van der Waals surface area contributed by atoms with Crippen LogP contribution in [0.4, 0.5) is 17.3 Å². The molecule has 5 rings (SSSR count). The van der Waals surface area contributed by atoms with Crippen LogP contribution in [0.25, 0.3) is 21.1 Å². The van der Waals surface area contributed by atoms with Crippen molar-refractivity contribution < 1.29 is 9.53 Å². The van der Waals surface area contributed by atoms with Crippen molar-refractivity contribution in [1.29, 1.82) is 0 Å². The molecule has 0 fully saturated rings. The van der Waals surface area contributed by atoms with Gasteiger partial charge in [0, 0.05) is 35.3 Å². The zero-order valence-corrected chi connectivity index (χ0v) is 18.2. The molecule has 4 heterocycles. The SMILES string of the molecule is CCOCc1ccc(Cl)nc1Nc1cnc2c(ccc3sc4c(c32)NCCNC4=O)n1. The zero-order chi connectivity index (χ0) is 21.4. The first-order valence-corrected chi connectivity index (χ1v) is 11.1. The monoisotopic (exact) mass is 454 g/mol. The smallest absolute Gasteiger partial charge is 0.263 e. The van der Waals surface area contributed by atoms with E-state index in [1.807, 2.05) is 25.1 Å². The number of thiophene rings is 1. The van der Waals surface area contributed by atoms with Crippen molar-refractivity contribution in [2.24, 2.45) is 0 Å². The van der Waals surface area contributed by atoms with E-state index in [2.05, 4.69) is 25.9 Å². The second-order valence-corrected chi connectivity index (χ2v) is 8.39. The standard InChI is InChI=1S/C21H19ClN6O2S/c1-2-30-10-11-3-6-14(22)27-20(11)28-15-9-25-17-12(26-15)4-5-13-16(17)18-19(31-13)21(29)24-8-7-23-18/h3-6,9,23H,2,7-8,10H2,1H3,(H,24,29)(H,26,27,28). The molecular weight excluding hydrogens is 436 g/mol. The van der Waals surface area contributed by atoms with Crippen LogP contribution in [0, 0.1) is 0 Å². The van der Waals surface area contributed by atoms with Gasteiger partial charge in [0.05, 0.1) is 29.5 Å². The average molecular weight is 455 g/mol. The molecule has 0 bridgehead atoms. The van der Waals surface area contributed by atoms with Crippen LogP contribution in [0.2, 0.25) is 5.15 Å². The second kappa shape index (κ2) is 8.26. The summed E-state index contributed by atoms with van der Waals surface area (Å²) in [7, 11) is 0. The lowest BCUT2D eigenvalue weighted by Crippen LogP contribution is -2.24. The molecule has 0 atom stereocenters. The number of carbonyl (C=O) groups excluding carboxylic acids is 1. The molecule has 1 aliphatic rings. The number of nitrogens with zero attached hydrogens (tertiary/aromatic N) is 3. The van der Waals surface area contributed by atoms with E-state index in [9.17, 15) is 4.79 Å². The molecule has 4 aromatic rings. The largest absolute Gasteiger partial charge is 0.381 e. The van der Waals surface area contributed by atoms with Crippen LogP contribution in [-0.4, -0.2) is 40.6 Å². The minimum absolute atomic E-state index is 0.0607. The molecule has 1 aliphatic heterocycles. The number of hydrogen-bond acceptors (Lipinski definition) is 8. The molecular formula is C21H19ClN6O2S. The summed E-state index contributed by atoms with van der Waals surface area (Å²) < 4.78 is 6.51. The lowest BCUT2D eigenvalue weighted by molar-refractivity contribution is 0.0962. The van der Waals surface area contributed by atoms with Gasteiger partial charge < -0.3 is 20.7 Å². The number of aromatic nitrogens is 3. The molecule has 158 valence electrons. The maximum absolute atomic E-state index is 12.4. The lowest BCUT2D eigenvalue weighted by atomic mass is 10.1. The summed E-state index contributed by atoms with van der Waals surface area (Å²) in [5, 5.41) is 10.8. The number of fused-ring (bicyclic) bond motifs is 5. The number of rotatable bonds is 5. The molecule has 0 unspecified atom stereocenters. The predicted molar refractivity (Wildman–Crippen MR) is 124 cm³/mol. The van der Waals surface area contributed by atoms with Crippen LogP contribution in [0.3, 0.4) is 0 Å². The van der Waals surface area contributed by atoms with E-state index < -0.39 is 0 Å². The summed E-state index contributed by atoms with van der Waals surface area (Å²) in [6.07, 6.45) is 1.66. The van der Waals surface area contributed by atoms with Crippen LogP contribution in [0.5, 0.6) is 0 Å². The van der Waals surface area contributed by atoms with E-state index in [-0.39, 0.29) is 5.91 Å². The molecule has 31 heavy (non-hydrogen) atoms. The Kier molecular flexibility index (Phi) is 5.31. The highest BCUT2D eigenvalue weighted by Crippen LogP contribution is 2.40. The van der Waals surface area contributed by atoms with Crippen LogP contribution >= 0.6 is 22.9 Å². The number of benzene rings is 1. The molecule has 0 saturated carbocycles. The maximum Gasteiger partial charge on any atom is 0.263 e. The summed E-state index contributed by atoms with van der Waals surface area (Å²) in [5.41, 5.74) is 3.17. The van der Waals surface area contributed by atoms with E-state index in [0.29, 0.717) is 48.0 Å². The summed E-state index contributed by atoms with van der Waals surface area (Å²) in [6.45, 7) is 4.21. The number of anilines is 3. The van der Waals surface area contributed by atoms with Gasteiger partial charge >= 0.3 is 0 Å². The maximum atomic E-state index is 12.4. The highest BCUT2D eigenvalue weighted by Gasteiger charge is 2.23. The zero-order valence-electron chi connectivity index (χ0n) is 16.7. The van der Waals surface area contributed by atoms with E-state index in [1.165, 1.54) is 11.3 Å². The topological polar surface area (TPSA) is 101 Å². The van der Waals surface area contributed by atoms with Crippen LogP contribution in [0.1, 0.15) is 22.2 Å². The fraction of sp³-hybridized carbons (Fsp3) is 0.238. The Morgan fingerprint density at radius 2 is 2.06 bits per heavy atom. The Morgan fingerprint density at radius 1 is 1.19 bits per heavy atom. The first kappa shape index (κ1) is 19.9. The van der Waals surface area contributed by atoms with Gasteiger partial charge in [-0.1, -0.05) is 11.6 Å². The third kappa shape index (κ3) is 3.76. The van der Waals surface area contributed by atoms with Gasteiger partial charge in [0.15, 0.2) is 5.82 Å². The molecule has 1 amide bonds. The van der Waals surface area contributed by atoms with Gasteiger partial charge in [0.1, 0.15) is 15.8 Å². The van der Waals surface area contributed by atoms with Crippen molar-refractivity contribution in [1.82, 2.24) is 20.3 Å². The number of ether oxygens (including phenoxy) is 1. The third-order valence-corrected chi connectivity index (χ3v) is 6.30. The molecule has 3 aromatic heterocycles. The molecule has 0 aliphatic carbocycles. The Hall–Kier alpha value is -3.01. The van der Waals surface area contributed by atoms with E-state index >= 15 is 0 Å². The van der Waals surface area contributed by atoms with Crippen molar-refractivity contribution in [3.8, 4) is 0 Å². The summed E-state index contributed by atoms with van der Waals surface area (Å²) >= 11 is 7.55. The van der Waals surface area contributed by atoms with Crippen molar-refractivity contribution in [2.75, 3.05) is 30.3 Å². The first-order chi connectivity index (χ1) is 15.1. The molecule has 8 nitrogen and oxygen atoms in total. The van der Waals surface area contributed by atoms with Gasteiger partial charge in [-0.3, -0.25) is 4.79 Å². The van der Waals surface area contributed by atoms with E-state index in [4.69, 9.17) is 21.3 Å². The third-order valence-electron chi connectivity index (χ3n) is 4.94. The number of carbonyl (C=O) groups is 1. The van der Waals surface area contributed by atoms with Crippen molar-refractivity contribution in [2.45, 2.75) is 13.5 Å². The van der Waals surface area contributed by atoms with Gasteiger partial charge in [-0.05, 0) is 31.2 Å².